The molecular weight excluding hydrogens is 331 g/mol. The van der Waals surface area contributed by atoms with Gasteiger partial charge in [-0.1, -0.05) is 19.9 Å². The Morgan fingerprint density at radius 1 is 1.16 bits per heavy atom. The predicted molar refractivity (Wildman–Crippen MR) is 90.4 cm³/mol. The molecule has 25 heavy (non-hydrogen) atoms. The Balaban J connectivity index is 1.84. The second-order valence-electron chi connectivity index (χ2n) is 7.15. The van der Waals surface area contributed by atoms with Crippen LogP contribution in [-0.4, -0.2) is 34.1 Å². The zero-order chi connectivity index (χ0) is 18.2. The number of likely N-dealkylation sites (tertiary alicyclic amines) is 1. The standard InChI is InChI=1S/C18H22F3N3O/c1-12-8-13(2)10-23(9-12)6-7-24-11-22-16-14(17(24)25)4-3-5-15(16)18(19,20)21/h3-5,11-13H,6-10H2,1-2H3/t12-,13-/m1/s1. The normalized spacial score (nSPS) is 22.4. The third kappa shape index (κ3) is 3.86. The van der Waals surface area contributed by atoms with Crippen molar-refractivity contribution in [3.05, 3.63) is 40.4 Å². The van der Waals surface area contributed by atoms with E-state index >= 15 is 0 Å². The number of rotatable bonds is 3. The molecule has 0 saturated carbocycles. The van der Waals surface area contributed by atoms with E-state index in [0.29, 0.717) is 24.9 Å². The molecule has 4 nitrogen and oxygen atoms in total. The second-order valence-corrected chi connectivity index (χ2v) is 7.15. The lowest BCUT2D eigenvalue weighted by Crippen LogP contribution is -2.41. The summed E-state index contributed by atoms with van der Waals surface area (Å²) >= 11 is 0. The highest BCUT2D eigenvalue weighted by atomic mass is 19.4. The molecule has 0 N–H and O–H groups in total. The van der Waals surface area contributed by atoms with E-state index in [4.69, 9.17) is 0 Å². The Labute approximate surface area is 144 Å². The Bertz CT molecular complexity index is 805. The summed E-state index contributed by atoms with van der Waals surface area (Å²) in [6, 6.07) is 3.61. The Kier molecular flexibility index (Phi) is 4.86. The van der Waals surface area contributed by atoms with Gasteiger partial charge in [-0.05, 0) is 30.4 Å². The zero-order valence-corrected chi connectivity index (χ0v) is 14.4. The van der Waals surface area contributed by atoms with E-state index in [1.807, 2.05) is 0 Å². The molecule has 1 aliphatic rings. The monoisotopic (exact) mass is 353 g/mol. The molecule has 1 fully saturated rings. The molecule has 0 unspecified atom stereocenters. The Morgan fingerprint density at radius 3 is 2.48 bits per heavy atom. The lowest BCUT2D eigenvalue weighted by atomic mass is 9.92. The fourth-order valence-electron chi connectivity index (χ4n) is 3.80. The maximum absolute atomic E-state index is 13.1. The van der Waals surface area contributed by atoms with Gasteiger partial charge in [0.15, 0.2) is 0 Å². The number of benzene rings is 1. The van der Waals surface area contributed by atoms with Crippen molar-refractivity contribution in [1.82, 2.24) is 14.5 Å². The van der Waals surface area contributed by atoms with Gasteiger partial charge in [0.05, 0.1) is 22.8 Å². The fraction of sp³-hybridized carbons (Fsp3) is 0.556. The predicted octanol–water partition coefficient (Wildman–Crippen LogP) is 3.39. The van der Waals surface area contributed by atoms with Gasteiger partial charge in [-0.25, -0.2) is 4.98 Å². The minimum atomic E-state index is -4.52. The molecule has 0 amide bonds. The highest BCUT2D eigenvalue weighted by molar-refractivity contribution is 5.81. The first kappa shape index (κ1) is 17.9. The number of halogens is 3. The summed E-state index contributed by atoms with van der Waals surface area (Å²) < 4.78 is 40.6. The smallest absolute Gasteiger partial charge is 0.301 e. The molecule has 1 aliphatic heterocycles. The first-order chi connectivity index (χ1) is 11.8. The fourth-order valence-corrected chi connectivity index (χ4v) is 3.80. The lowest BCUT2D eigenvalue weighted by Gasteiger charge is -2.34. The molecule has 3 rings (SSSR count). The zero-order valence-electron chi connectivity index (χ0n) is 14.4. The van der Waals surface area contributed by atoms with E-state index in [1.165, 1.54) is 29.4 Å². The van der Waals surface area contributed by atoms with Gasteiger partial charge in [0.2, 0.25) is 0 Å². The van der Waals surface area contributed by atoms with Crippen LogP contribution in [-0.2, 0) is 12.7 Å². The first-order valence-corrected chi connectivity index (χ1v) is 8.53. The first-order valence-electron chi connectivity index (χ1n) is 8.53. The number of nitrogens with zero attached hydrogens (tertiary/aromatic N) is 3. The molecule has 1 aromatic carbocycles. The minimum absolute atomic E-state index is 0.0118. The van der Waals surface area contributed by atoms with Crippen LogP contribution in [0.4, 0.5) is 13.2 Å². The third-order valence-electron chi connectivity index (χ3n) is 4.76. The minimum Gasteiger partial charge on any atom is -0.301 e. The molecule has 7 heteroatoms. The topological polar surface area (TPSA) is 38.1 Å². The highest BCUT2D eigenvalue weighted by Gasteiger charge is 2.33. The van der Waals surface area contributed by atoms with Crippen LogP contribution >= 0.6 is 0 Å². The van der Waals surface area contributed by atoms with Crippen molar-refractivity contribution in [2.24, 2.45) is 11.8 Å². The molecule has 0 spiro atoms. The van der Waals surface area contributed by atoms with Crippen LogP contribution in [0.2, 0.25) is 0 Å². The van der Waals surface area contributed by atoms with Gasteiger partial charge in [0.25, 0.3) is 5.56 Å². The molecule has 0 aliphatic carbocycles. The highest BCUT2D eigenvalue weighted by Crippen LogP contribution is 2.32. The molecule has 0 bridgehead atoms. The molecule has 1 saturated heterocycles. The summed E-state index contributed by atoms with van der Waals surface area (Å²) in [5.74, 6) is 1.23. The molecule has 2 atom stereocenters. The summed E-state index contributed by atoms with van der Waals surface area (Å²) in [5.41, 5.74) is -1.57. The van der Waals surface area contributed by atoms with Crippen LogP contribution in [0.25, 0.3) is 10.9 Å². The molecule has 1 aromatic heterocycles. The number of hydrogen-bond acceptors (Lipinski definition) is 3. The summed E-state index contributed by atoms with van der Waals surface area (Å²) in [5, 5.41) is 0.0118. The van der Waals surface area contributed by atoms with Crippen molar-refractivity contribution in [1.29, 1.82) is 0 Å². The molecule has 2 heterocycles. The number of hydrogen-bond donors (Lipinski definition) is 0. The number of alkyl halides is 3. The van der Waals surface area contributed by atoms with Crippen LogP contribution in [0.3, 0.4) is 0 Å². The van der Waals surface area contributed by atoms with Crippen molar-refractivity contribution in [3.8, 4) is 0 Å². The van der Waals surface area contributed by atoms with Gasteiger partial charge in [0, 0.05) is 26.2 Å². The van der Waals surface area contributed by atoms with Crippen molar-refractivity contribution >= 4 is 10.9 Å². The summed E-state index contributed by atoms with van der Waals surface area (Å²) in [6.07, 6.45) is -2.09. The van der Waals surface area contributed by atoms with E-state index in [-0.39, 0.29) is 10.9 Å². The molecule has 0 radical (unpaired) electrons. The third-order valence-corrected chi connectivity index (χ3v) is 4.76. The average Bonchev–Trinajstić information content (AvgIpc) is 2.52. The van der Waals surface area contributed by atoms with Gasteiger partial charge in [-0.2, -0.15) is 13.2 Å². The van der Waals surface area contributed by atoms with E-state index in [9.17, 15) is 18.0 Å². The van der Waals surface area contributed by atoms with Crippen LogP contribution in [0.15, 0.2) is 29.3 Å². The van der Waals surface area contributed by atoms with Crippen molar-refractivity contribution < 1.29 is 13.2 Å². The van der Waals surface area contributed by atoms with E-state index in [0.717, 1.165) is 19.2 Å². The quantitative estimate of drug-likeness (QED) is 0.849. The summed E-state index contributed by atoms with van der Waals surface area (Å²) in [6.45, 7) is 7.52. The van der Waals surface area contributed by atoms with E-state index in [2.05, 4.69) is 23.7 Å². The largest absolute Gasteiger partial charge is 0.418 e. The number of aromatic nitrogens is 2. The number of para-hydroxylation sites is 1. The van der Waals surface area contributed by atoms with Crippen LogP contribution in [0.5, 0.6) is 0 Å². The van der Waals surface area contributed by atoms with Gasteiger partial charge in [-0.3, -0.25) is 9.36 Å². The van der Waals surface area contributed by atoms with Crippen LogP contribution in [0, 0.1) is 11.8 Å². The van der Waals surface area contributed by atoms with E-state index in [1.54, 1.807) is 0 Å². The summed E-state index contributed by atoms with van der Waals surface area (Å²) in [7, 11) is 0. The van der Waals surface area contributed by atoms with Crippen molar-refractivity contribution in [2.75, 3.05) is 19.6 Å². The van der Waals surface area contributed by atoms with Crippen LogP contribution < -0.4 is 5.56 Å². The van der Waals surface area contributed by atoms with Crippen molar-refractivity contribution in [3.63, 3.8) is 0 Å². The number of fused-ring (bicyclic) bond motifs is 1. The van der Waals surface area contributed by atoms with Gasteiger partial charge in [-0.15, -0.1) is 0 Å². The van der Waals surface area contributed by atoms with Gasteiger partial charge in [0.1, 0.15) is 0 Å². The summed E-state index contributed by atoms with van der Waals surface area (Å²) in [4.78, 5) is 18.8. The maximum Gasteiger partial charge on any atom is 0.418 e. The number of piperidine rings is 1. The average molecular weight is 353 g/mol. The maximum atomic E-state index is 13.1. The Morgan fingerprint density at radius 2 is 1.84 bits per heavy atom. The second kappa shape index (κ2) is 6.78. The lowest BCUT2D eigenvalue weighted by molar-refractivity contribution is -0.136. The molecule has 136 valence electrons. The Hall–Kier alpha value is -1.89. The molecular formula is C18H22F3N3O. The van der Waals surface area contributed by atoms with Crippen LogP contribution in [0.1, 0.15) is 25.8 Å². The SMILES string of the molecule is C[C@@H]1C[C@@H](C)CN(CCn2cnc3c(C(F)(F)F)cccc3c2=O)C1. The van der Waals surface area contributed by atoms with E-state index < -0.39 is 17.3 Å². The van der Waals surface area contributed by atoms with Gasteiger partial charge >= 0.3 is 6.18 Å². The molecule has 2 aromatic rings. The van der Waals surface area contributed by atoms with Gasteiger partial charge < -0.3 is 4.90 Å². The van der Waals surface area contributed by atoms with Crippen molar-refractivity contribution in [2.45, 2.75) is 33.0 Å².